The van der Waals surface area contributed by atoms with Crippen LogP contribution in [0.4, 0.5) is 0 Å². The number of benzene rings is 1. The number of nitrogens with two attached hydrogens (primary N) is 1. The van der Waals surface area contributed by atoms with Crippen LogP contribution in [0.5, 0.6) is 0 Å². The van der Waals surface area contributed by atoms with E-state index >= 15 is 0 Å². The first-order chi connectivity index (χ1) is 6.79. The molecule has 0 amide bonds. The van der Waals surface area contributed by atoms with Crippen molar-refractivity contribution in [1.29, 1.82) is 0 Å². The van der Waals surface area contributed by atoms with Gasteiger partial charge < -0.3 is 5.73 Å². The summed E-state index contributed by atoms with van der Waals surface area (Å²) in [5.74, 6) is 0. The van der Waals surface area contributed by atoms with Crippen molar-refractivity contribution in [3.8, 4) is 10.4 Å². The van der Waals surface area contributed by atoms with Crippen LogP contribution < -0.4 is 5.73 Å². The molecule has 0 spiro atoms. The first-order valence-corrected chi connectivity index (χ1v) is 5.59. The van der Waals surface area contributed by atoms with Crippen molar-refractivity contribution in [2.75, 3.05) is 0 Å². The van der Waals surface area contributed by atoms with Crippen LogP contribution in [-0.2, 0) is 6.54 Å². The second kappa shape index (κ2) is 4.13. The van der Waals surface area contributed by atoms with Crippen molar-refractivity contribution in [2.24, 2.45) is 5.73 Å². The van der Waals surface area contributed by atoms with E-state index in [1.165, 1.54) is 10.4 Å². The molecule has 0 atom stereocenters. The van der Waals surface area contributed by atoms with Gasteiger partial charge in [0.25, 0.3) is 0 Å². The second-order valence-corrected chi connectivity index (χ2v) is 4.38. The Kier molecular flexibility index (Phi) is 2.87. The molecule has 0 fully saturated rings. The number of hydrogen-bond acceptors (Lipinski definition) is 2. The maximum atomic E-state index is 5.92. The predicted octanol–water partition coefficient (Wildman–Crippen LogP) is 3.53. The average Bonchev–Trinajstić information content (AvgIpc) is 2.66. The third kappa shape index (κ3) is 1.98. The fourth-order valence-electron chi connectivity index (χ4n) is 1.28. The molecule has 2 N–H and O–H groups in total. The first-order valence-electron chi connectivity index (χ1n) is 4.33. The minimum Gasteiger partial charge on any atom is -0.326 e. The standard InChI is InChI=1S/C11H10ClNS/c12-10-3-1-2-9(5-10)11-4-8(6-13)7-14-11/h1-5,7H,6,13H2. The Hall–Kier alpha value is -0.830. The third-order valence-electron chi connectivity index (χ3n) is 2.00. The molecule has 0 saturated carbocycles. The fraction of sp³-hybridized carbons (Fsp3) is 0.0909. The molecule has 0 bridgehead atoms. The zero-order valence-corrected chi connectivity index (χ0v) is 9.11. The predicted molar refractivity (Wildman–Crippen MR) is 62.7 cm³/mol. The van der Waals surface area contributed by atoms with Crippen LogP contribution in [0.1, 0.15) is 5.56 Å². The van der Waals surface area contributed by atoms with Gasteiger partial charge in [-0.15, -0.1) is 11.3 Å². The smallest absolute Gasteiger partial charge is 0.0412 e. The van der Waals surface area contributed by atoms with Crippen LogP contribution >= 0.6 is 22.9 Å². The molecular weight excluding hydrogens is 214 g/mol. The Balaban J connectivity index is 2.39. The van der Waals surface area contributed by atoms with Crippen LogP contribution in [0.25, 0.3) is 10.4 Å². The Labute approximate surface area is 92.1 Å². The van der Waals surface area contributed by atoms with Gasteiger partial charge >= 0.3 is 0 Å². The summed E-state index contributed by atoms with van der Waals surface area (Å²) in [5.41, 5.74) is 7.88. The summed E-state index contributed by atoms with van der Waals surface area (Å²) in [6, 6.07) is 9.96. The Morgan fingerprint density at radius 2 is 2.14 bits per heavy atom. The molecular formula is C11H10ClNS. The van der Waals surface area contributed by atoms with E-state index in [4.69, 9.17) is 17.3 Å². The number of thiophene rings is 1. The third-order valence-corrected chi connectivity index (χ3v) is 3.26. The van der Waals surface area contributed by atoms with Crippen molar-refractivity contribution in [2.45, 2.75) is 6.54 Å². The lowest BCUT2D eigenvalue weighted by Crippen LogP contribution is -1.92. The van der Waals surface area contributed by atoms with Crippen LogP contribution in [-0.4, -0.2) is 0 Å². The van der Waals surface area contributed by atoms with Gasteiger partial charge in [-0.25, -0.2) is 0 Å². The summed E-state index contributed by atoms with van der Waals surface area (Å²) in [5, 5.41) is 2.85. The highest BCUT2D eigenvalue weighted by atomic mass is 35.5. The van der Waals surface area contributed by atoms with Crippen LogP contribution in [0.3, 0.4) is 0 Å². The molecule has 0 unspecified atom stereocenters. The summed E-state index contributed by atoms with van der Waals surface area (Å²) in [6.45, 7) is 0.594. The molecule has 0 saturated heterocycles. The molecule has 0 radical (unpaired) electrons. The highest BCUT2D eigenvalue weighted by Crippen LogP contribution is 2.28. The van der Waals surface area contributed by atoms with Gasteiger partial charge in [0.05, 0.1) is 0 Å². The summed E-state index contributed by atoms with van der Waals surface area (Å²) >= 11 is 7.61. The van der Waals surface area contributed by atoms with E-state index in [1.54, 1.807) is 11.3 Å². The number of hydrogen-bond donors (Lipinski definition) is 1. The molecule has 1 aromatic carbocycles. The van der Waals surface area contributed by atoms with Crippen molar-refractivity contribution < 1.29 is 0 Å². The van der Waals surface area contributed by atoms with Gasteiger partial charge in [0.2, 0.25) is 0 Å². The minimum absolute atomic E-state index is 0.594. The summed E-state index contributed by atoms with van der Waals surface area (Å²) in [4.78, 5) is 1.22. The molecule has 0 aliphatic rings. The SMILES string of the molecule is NCc1csc(-c2cccc(Cl)c2)c1. The van der Waals surface area contributed by atoms with Crippen LogP contribution in [0.15, 0.2) is 35.7 Å². The lowest BCUT2D eigenvalue weighted by atomic mass is 10.2. The Bertz CT molecular complexity index is 436. The van der Waals surface area contributed by atoms with Gasteiger partial charge in [0, 0.05) is 16.4 Å². The highest BCUT2D eigenvalue weighted by Gasteiger charge is 2.01. The van der Waals surface area contributed by atoms with Crippen LogP contribution in [0, 0.1) is 0 Å². The van der Waals surface area contributed by atoms with Crippen molar-refractivity contribution in [3.63, 3.8) is 0 Å². The topological polar surface area (TPSA) is 26.0 Å². The Morgan fingerprint density at radius 1 is 1.29 bits per heavy atom. The zero-order chi connectivity index (χ0) is 9.97. The normalized spacial score (nSPS) is 10.4. The van der Waals surface area contributed by atoms with Gasteiger partial charge in [0.15, 0.2) is 0 Å². The monoisotopic (exact) mass is 223 g/mol. The van der Waals surface area contributed by atoms with E-state index in [9.17, 15) is 0 Å². The number of rotatable bonds is 2. The molecule has 3 heteroatoms. The van der Waals surface area contributed by atoms with Crippen molar-refractivity contribution in [1.82, 2.24) is 0 Å². The molecule has 2 aromatic rings. The zero-order valence-electron chi connectivity index (χ0n) is 7.53. The van der Waals surface area contributed by atoms with E-state index in [0.29, 0.717) is 6.54 Å². The maximum Gasteiger partial charge on any atom is 0.0412 e. The minimum atomic E-state index is 0.594. The lowest BCUT2D eigenvalue weighted by molar-refractivity contribution is 1.08. The highest BCUT2D eigenvalue weighted by molar-refractivity contribution is 7.13. The van der Waals surface area contributed by atoms with Gasteiger partial charge in [0.1, 0.15) is 0 Å². The van der Waals surface area contributed by atoms with Gasteiger partial charge in [-0.3, -0.25) is 0 Å². The van der Waals surface area contributed by atoms with E-state index in [1.807, 2.05) is 18.2 Å². The maximum absolute atomic E-state index is 5.92. The molecule has 0 aliphatic heterocycles. The average molecular weight is 224 g/mol. The number of halogens is 1. The van der Waals surface area contributed by atoms with Crippen LogP contribution in [0.2, 0.25) is 5.02 Å². The molecule has 1 heterocycles. The van der Waals surface area contributed by atoms with Gasteiger partial charge in [-0.1, -0.05) is 23.7 Å². The summed E-state index contributed by atoms with van der Waals surface area (Å²) < 4.78 is 0. The molecule has 2 rings (SSSR count). The van der Waals surface area contributed by atoms with E-state index in [-0.39, 0.29) is 0 Å². The second-order valence-electron chi connectivity index (χ2n) is 3.03. The lowest BCUT2D eigenvalue weighted by Gasteiger charge is -1.96. The van der Waals surface area contributed by atoms with E-state index < -0.39 is 0 Å². The van der Waals surface area contributed by atoms with Crippen molar-refractivity contribution >= 4 is 22.9 Å². The van der Waals surface area contributed by atoms with Crippen molar-refractivity contribution in [3.05, 3.63) is 46.3 Å². The molecule has 14 heavy (non-hydrogen) atoms. The molecule has 0 aliphatic carbocycles. The molecule has 1 nitrogen and oxygen atoms in total. The van der Waals surface area contributed by atoms with Gasteiger partial charge in [-0.05, 0) is 34.7 Å². The van der Waals surface area contributed by atoms with Gasteiger partial charge in [-0.2, -0.15) is 0 Å². The fourth-order valence-corrected chi connectivity index (χ4v) is 2.39. The first kappa shape index (κ1) is 9.71. The summed E-state index contributed by atoms with van der Waals surface area (Å²) in [6.07, 6.45) is 0. The quantitative estimate of drug-likeness (QED) is 0.828. The van der Waals surface area contributed by atoms with E-state index in [2.05, 4.69) is 17.5 Å². The van der Waals surface area contributed by atoms with E-state index in [0.717, 1.165) is 10.6 Å². The largest absolute Gasteiger partial charge is 0.326 e. The summed E-state index contributed by atoms with van der Waals surface area (Å²) in [7, 11) is 0. The Morgan fingerprint density at radius 3 is 2.79 bits per heavy atom. The molecule has 72 valence electrons. The molecule has 1 aromatic heterocycles.